The number of carbonyl (C=O) groups excluding carboxylic acids is 3. The van der Waals surface area contributed by atoms with Crippen LogP contribution in [0, 0.1) is 13.8 Å². The zero-order valence-corrected chi connectivity index (χ0v) is 17.2. The van der Waals surface area contributed by atoms with Crippen molar-refractivity contribution in [2.45, 2.75) is 25.7 Å². The number of benzene rings is 2. The summed E-state index contributed by atoms with van der Waals surface area (Å²) in [7, 11) is 0. The van der Waals surface area contributed by atoms with E-state index >= 15 is 0 Å². The minimum absolute atomic E-state index is 0.0553. The number of aryl methyl sites for hydroxylation is 2. The topological polar surface area (TPSA) is 90.9 Å². The van der Waals surface area contributed by atoms with E-state index in [1.807, 2.05) is 32.0 Å². The Balaban J connectivity index is 1.54. The summed E-state index contributed by atoms with van der Waals surface area (Å²) in [4.78, 5) is 37.0. The van der Waals surface area contributed by atoms with Gasteiger partial charge in [-0.2, -0.15) is 0 Å². The normalized spacial score (nSPS) is 11.8. The van der Waals surface area contributed by atoms with Gasteiger partial charge < -0.3 is 19.5 Å². The molecule has 1 N–H and O–H groups in total. The van der Waals surface area contributed by atoms with Gasteiger partial charge in [-0.25, -0.2) is 0 Å². The van der Waals surface area contributed by atoms with Crippen molar-refractivity contribution in [3.8, 4) is 11.5 Å². The molecular weight excluding hydrogens is 394 g/mol. The predicted molar refractivity (Wildman–Crippen MR) is 109 cm³/mol. The molecule has 1 amide bonds. The molecule has 2 aromatic carbocycles. The number of esters is 1. The maximum absolute atomic E-state index is 12.2. The highest BCUT2D eigenvalue weighted by Crippen LogP contribution is 2.37. The fourth-order valence-corrected chi connectivity index (χ4v) is 3.63. The van der Waals surface area contributed by atoms with Crippen molar-refractivity contribution >= 4 is 35.1 Å². The Bertz CT molecular complexity index is 972. The van der Waals surface area contributed by atoms with E-state index < -0.39 is 18.5 Å². The fraction of sp³-hybridized carbons (Fsp3) is 0.286. The monoisotopic (exact) mass is 415 g/mol. The molecule has 0 saturated carbocycles. The van der Waals surface area contributed by atoms with Gasteiger partial charge in [0, 0.05) is 16.5 Å². The van der Waals surface area contributed by atoms with E-state index in [0.29, 0.717) is 17.1 Å². The van der Waals surface area contributed by atoms with Crippen molar-refractivity contribution in [2.24, 2.45) is 0 Å². The Morgan fingerprint density at radius 1 is 1.10 bits per heavy atom. The molecule has 0 aliphatic carbocycles. The lowest BCUT2D eigenvalue weighted by Gasteiger charge is -2.11. The van der Waals surface area contributed by atoms with Crippen molar-refractivity contribution in [2.75, 3.05) is 24.5 Å². The molecule has 0 bridgehead atoms. The number of fused-ring (bicyclic) bond motifs is 1. The van der Waals surface area contributed by atoms with Gasteiger partial charge in [0.2, 0.25) is 6.79 Å². The number of ether oxygens (including phenoxy) is 3. The maximum atomic E-state index is 12.2. The predicted octanol–water partition coefficient (Wildman–Crippen LogP) is 3.51. The number of thioether (sulfide) groups is 1. The lowest BCUT2D eigenvalue weighted by Crippen LogP contribution is -2.22. The number of hydrogen-bond acceptors (Lipinski definition) is 7. The highest BCUT2D eigenvalue weighted by Gasteiger charge is 2.20. The van der Waals surface area contributed by atoms with Crippen molar-refractivity contribution in [1.82, 2.24) is 0 Å². The molecule has 1 aliphatic rings. The summed E-state index contributed by atoms with van der Waals surface area (Å²) in [6.07, 6.45) is 0. The van der Waals surface area contributed by atoms with E-state index in [0.717, 1.165) is 16.0 Å². The van der Waals surface area contributed by atoms with Crippen LogP contribution < -0.4 is 14.8 Å². The van der Waals surface area contributed by atoms with Crippen molar-refractivity contribution in [3.05, 3.63) is 47.0 Å². The van der Waals surface area contributed by atoms with E-state index in [1.165, 1.54) is 30.8 Å². The van der Waals surface area contributed by atoms with Crippen LogP contribution in [-0.2, 0) is 14.3 Å². The Kier molecular flexibility index (Phi) is 6.43. The first kappa shape index (κ1) is 20.7. The maximum Gasteiger partial charge on any atom is 0.316 e. The molecule has 0 unspecified atom stereocenters. The van der Waals surface area contributed by atoms with Crippen LogP contribution in [-0.4, -0.2) is 36.8 Å². The van der Waals surface area contributed by atoms with Gasteiger partial charge in [-0.1, -0.05) is 17.7 Å². The van der Waals surface area contributed by atoms with Gasteiger partial charge in [0.1, 0.15) is 0 Å². The Morgan fingerprint density at radius 3 is 2.55 bits per heavy atom. The first-order chi connectivity index (χ1) is 13.8. The minimum atomic E-state index is -0.545. The van der Waals surface area contributed by atoms with E-state index in [4.69, 9.17) is 14.2 Å². The second-order valence-electron chi connectivity index (χ2n) is 6.57. The molecule has 0 radical (unpaired) electrons. The van der Waals surface area contributed by atoms with Gasteiger partial charge in [-0.3, -0.25) is 14.4 Å². The lowest BCUT2D eigenvalue weighted by molar-refractivity contribution is -0.144. The summed E-state index contributed by atoms with van der Waals surface area (Å²) >= 11 is 1.36. The van der Waals surface area contributed by atoms with Gasteiger partial charge in [-0.15, -0.1) is 11.8 Å². The second kappa shape index (κ2) is 9.00. The standard InChI is InChI=1S/C21H21NO6S/c1-12-4-5-13(2)19(6-12)29-10-21(25)26-9-20(24)22-16-8-18-17(27-11-28-18)7-15(16)14(3)23/h4-8H,9-11H2,1-3H3,(H,22,24). The zero-order chi connectivity index (χ0) is 21.0. The summed E-state index contributed by atoms with van der Waals surface area (Å²) in [6.45, 7) is 4.95. The van der Waals surface area contributed by atoms with Gasteiger partial charge in [0.25, 0.3) is 5.91 Å². The van der Waals surface area contributed by atoms with Gasteiger partial charge in [-0.05, 0) is 38.5 Å². The molecule has 29 heavy (non-hydrogen) atoms. The molecule has 0 spiro atoms. The molecule has 0 fully saturated rings. The molecule has 0 aromatic heterocycles. The fourth-order valence-electron chi connectivity index (χ4n) is 2.71. The first-order valence-electron chi connectivity index (χ1n) is 8.93. The largest absolute Gasteiger partial charge is 0.455 e. The number of amides is 1. The highest BCUT2D eigenvalue weighted by atomic mass is 32.2. The molecular formula is C21H21NO6S. The number of nitrogens with one attached hydrogen (secondary N) is 1. The van der Waals surface area contributed by atoms with E-state index in [1.54, 1.807) is 0 Å². The molecule has 8 heteroatoms. The third kappa shape index (κ3) is 5.29. The van der Waals surface area contributed by atoms with Gasteiger partial charge in [0.15, 0.2) is 23.9 Å². The van der Waals surface area contributed by atoms with E-state index in [2.05, 4.69) is 5.32 Å². The molecule has 1 heterocycles. The van der Waals surface area contributed by atoms with Crippen LogP contribution in [0.5, 0.6) is 11.5 Å². The number of Topliss-reactive ketones (excluding diaryl/α,β-unsaturated/α-hetero) is 1. The third-order valence-corrected chi connectivity index (χ3v) is 5.35. The second-order valence-corrected chi connectivity index (χ2v) is 7.59. The molecule has 0 atom stereocenters. The van der Waals surface area contributed by atoms with Gasteiger partial charge in [0.05, 0.1) is 11.4 Å². The number of anilines is 1. The third-order valence-electron chi connectivity index (χ3n) is 4.22. The summed E-state index contributed by atoms with van der Waals surface area (Å²) in [5, 5.41) is 2.59. The van der Waals surface area contributed by atoms with Crippen LogP contribution in [0.2, 0.25) is 0 Å². The number of ketones is 1. The number of hydrogen-bond donors (Lipinski definition) is 1. The minimum Gasteiger partial charge on any atom is -0.455 e. The summed E-state index contributed by atoms with van der Waals surface area (Å²) < 4.78 is 15.6. The Hall–Kier alpha value is -3.00. The van der Waals surface area contributed by atoms with E-state index in [9.17, 15) is 14.4 Å². The van der Waals surface area contributed by atoms with Crippen LogP contribution in [0.1, 0.15) is 28.4 Å². The van der Waals surface area contributed by atoms with Crippen LogP contribution in [0.25, 0.3) is 0 Å². The van der Waals surface area contributed by atoms with Gasteiger partial charge >= 0.3 is 5.97 Å². The molecule has 0 saturated heterocycles. The zero-order valence-electron chi connectivity index (χ0n) is 16.4. The Morgan fingerprint density at radius 2 is 1.83 bits per heavy atom. The molecule has 2 aromatic rings. The van der Waals surface area contributed by atoms with Crippen molar-refractivity contribution in [1.29, 1.82) is 0 Å². The first-order valence-corrected chi connectivity index (χ1v) is 9.92. The van der Waals surface area contributed by atoms with Crippen LogP contribution in [0.4, 0.5) is 5.69 Å². The molecule has 1 aliphatic heterocycles. The summed E-state index contributed by atoms with van der Waals surface area (Å²) in [5.41, 5.74) is 2.76. The van der Waals surface area contributed by atoms with Crippen molar-refractivity contribution in [3.63, 3.8) is 0 Å². The Labute approximate surface area is 172 Å². The smallest absolute Gasteiger partial charge is 0.316 e. The van der Waals surface area contributed by atoms with Crippen LogP contribution >= 0.6 is 11.8 Å². The average molecular weight is 415 g/mol. The average Bonchev–Trinajstić information content (AvgIpc) is 3.13. The SMILES string of the molecule is CC(=O)c1cc2c(cc1NC(=O)COC(=O)CSc1cc(C)ccc1C)OCO2. The molecule has 7 nitrogen and oxygen atoms in total. The number of rotatable bonds is 7. The highest BCUT2D eigenvalue weighted by molar-refractivity contribution is 8.00. The molecule has 152 valence electrons. The lowest BCUT2D eigenvalue weighted by atomic mass is 10.1. The van der Waals surface area contributed by atoms with E-state index in [-0.39, 0.29) is 24.0 Å². The summed E-state index contributed by atoms with van der Waals surface area (Å²) in [5.74, 6) is -0.295. The van der Waals surface area contributed by atoms with Crippen LogP contribution in [0.15, 0.2) is 35.2 Å². The van der Waals surface area contributed by atoms with Crippen molar-refractivity contribution < 1.29 is 28.6 Å². The summed E-state index contributed by atoms with van der Waals surface area (Å²) in [6, 6.07) is 9.05. The van der Waals surface area contributed by atoms with Crippen LogP contribution in [0.3, 0.4) is 0 Å². The quantitative estimate of drug-likeness (QED) is 0.420. The number of carbonyl (C=O) groups is 3. The molecule has 3 rings (SSSR count).